The van der Waals surface area contributed by atoms with Crippen LogP contribution < -0.4 is 4.74 Å². The summed E-state index contributed by atoms with van der Waals surface area (Å²) in [5.74, 6) is -1.39. The lowest BCUT2D eigenvalue weighted by molar-refractivity contribution is -0.139. The van der Waals surface area contributed by atoms with E-state index >= 15 is 0 Å². The average Bonchev–Trinajstić information content (AvgIpc) is 2.19. The molecule has 0 radical (unpaired) electrons. The molecule has 0 unspecified atom stereocenters. The maximum Gasteiger partial charge on any atom is 0.306 e. The summed E-state index contributed by atoms with van der Waals surface area (Å²) >= 11 is 5.73. The Labute approximate surface area is 96.9 Å². The quantitative estimate of drug-likeness (QED) is 0.751. The van der Waals surface area contributed by atoms with Gasteiger partial charge in [0.2, 0.25) is 0 Å². The predicted molar refractivity (Wildman–Crippen MR) is 56.9 cm³/mol. The molecule has 0 saturated carbocycles. The number of aliphatic hydroxyl groups excluding tert-OH is 1. The Morgan fingerprint density at radius 3 is 2.69 bits per heavy atom. The molecule has 0 aromatic heterocycles. The van der Waals surface area contributed by atoms with Crippen molar-refractivity contribution in [1.29, 1.82) is 0 Å². The fourth-order valence-corrected chi connectivity index (χ4v) is 1.50. The van der Waals surface area contributed by atoms with Crippen molar-refractivity contribution in [3.8, 4) is 11.5 Å². The van der Waals surface area contributed by atoms with Crippen LogP contribution >= 0.6 is 11.6 Å². The van der Waals surface area contributed by atoms with Gasteiger partial charge in [-0.1, -0.05) is 11.6 Å². The van der Waals surface area contributed by atoms with E-state index in [9.17, 15) is 15.0 Å². The molecule has 3 N–H and O–H groups in total. The molecule has 1 aromatic rings. The highest BCUT2D eigenvalue weighted by Crippen LogP contribution is 2.37. The van der Waals surface area contributed by atoms with Gasteiger partial charge >= 0.3 is 5.97 Å². The summed E-state index contributed by atoms with van der Waals surface area (Å²) in [6.07, 6.45) is -1.85. The highest BCUT2D eigenvalue weighted by atomic mass is 35.5. The number of carbonyl (C=O) groups is 1. The van der Waals surface area contributed by atoms with Crippen molar-refractivity contribution in [3.05, 3.63) is 22.7 Å². The average molecular weight is 247 g/mol. The minimum Gasteiger partial charge on any atom is -0.504 e. The van der Waals surface area contributed by atoms with E-state index in [0.717, 1.165) is 0 Å². The van der Waals surface area contributed by atoms with Gasteiger partial charge in [0.05, 0.1) is 19.6 Å². The molecular formula is C10H11ClO5. The van der Waals surface area contributed by atoms with E-state index in [1.807, 2.05) is 0 Å². The number of hydrogen-bond acceptors (Lipinski definition) is 4. The summed E-state index contributed by atoms with van der Waals surface area (Å²) in [5.41, 5.74) is 0.0340. The molecule has 1 rings (SSSR count). The molecule has 16 heavy (non-hydrogen) atoms. The Morgan fingerprint density at radius 1 is 1.56 bits per heavy atom. The van der Waals surface area contributed by atoms with Gasteiger partial charge in [-0.25, -0.2) is 0 Å². The second kappa shape index (κ2) is 5.05. The molecule has 0 bridgehead atoms. The number of ether oxygens (including phenoxy) is 1. The van der Waals surface area contributed by atoms with Crippen LogP contribution in [0.15, 0.2) is 12.1 Å². The number of halogens is 1. The van der Waals surface area contributed by atoms with Gasteiger partial charge in [-0.3, -0.25) is 4.79 Å². The molecule has 1 atom stereocenters. The highest BCUT2D eigenvalue weighted by molar-refractivity contribution is 6.30. The zero-order chi connectivity index (χ0) is 12.3. The smallest absolute Gasteiger partial charge is 0.306 e. The minimum atomic E-state index is -1.33. The minimum absolute atomic E-state index is 0.0340. The lowest BCUT2D eigenvalue weighted by Crippen LogP contribution is -2.06. The van der Waals surface area contributed by atoms with Crippen LogP contribution in [-0.4, -0.2) is 28.4 Å². The summed E-state index contributed by atoms with van der Waals surface area (Å²) in [6, 6.07) is 2.67. The van der Waals surface area contributed by atoms with Crippen molar-refractivity contribution < 1.29 is 24.9 Å². The standard InChI is InChI=1S/C10H11ClO5/c1-16-8-3-5(11)2-6(10(8)15)7(12)4-9(13)14/h2-3,7,12,15H,4H2,1H3,(H,13,14)/t7-/m1/s1. The van der Waals surface area contributed by atoms with Crippen LogP contribution in [0.2, 0.25) is 5.02 Å². The lowest BCUT2D eigenvalue weighted by Gasteiger charge is -2.13. The van der Waals surface area contributed by atoms with Crippen LogP contribution in [0.25, 0.3) is 0 Å². The second-order valence-electron chi connectivity index (χ2n) is 3.16. The van der Waals surface area contributed by atoms with Gasteiger partial charge in [0.1, 0.15) is 0 Å². The zero-order valence-electron chi connectivity index (χ0n) is 8.48. The van der Waals surface area contributed by atoms with Crippen LogP contribution in [0.3, 0.4) is 0 Å². The first-order valence-corrected chi connectivity index (χ1v) is 4.79. The van der Waals surface area contributed by atoms with Gasteiger partial charge in [-0.2, -0.15) is 0 Å². The number of methoxy groups -OCH3 is 1. The van der Waals surface area contributed by atoms with Crippen LogP contribution in [0, 0.1) is 0 Å². The molecule has 0 heterocycles. The summed E-state index contributed by atoms with van der Waals surface area (Å²) in [5, 5.41) is 28.0. The number of aromatic hydroxyl groups is 1. The molecule has 0 aliphatic rings. The van der Waals surface area contributed by atoms with Gasteiger partial charge in [0, 0.05) is 16.7 Å². The number of benzene rings is 1. The monoisotopic (exact) mass is 246 g/mol. The van der Waals surface area contributed by atoms with E-state index in [2.05, 4.69) is 0 Å². The normalized spacial score (nSPS) is 12.2. The Bertz CT molecular complexity index is 404. The Kier molecular flexibility index (Phi) is 3.98. The molecule has 6 heteroatoms. The van der Waals surface area contributed by atoms with Gasteiger partial charge in [0.25, 0.3) is 0 Å². The summed E-state index contributed by atoms with van der Waals surface area (Å²) in [6.45, 7) is 0. The van der Waals surface area contributed by atoms with Crippen molar-refractivity contribution >= 4 is 17.6 Å². The number of carboxylic acid groups (broad SMARTS) is 1. The van der Waals surface area contributed by atoms with Gasteiger partial charge in [-0.05, 0) is 6.07 Å². The Morgan fingerprint density at radius 2 is 2.19 bits per heavy atom. The maximum absolute atomic E-state index is 10.4. The molecule has 0 aliphatic carbocycles. The molecule has 5 nitrogen and oxygen atoms in total. The zero-order valence-corrected chi connectivity index (χ0v) is 9.23. The lowest BCUT2D eigenvalue weighted by atomic mass is 10.1. The third-order valence-electron chi connectivity index (χ3n) is 2.02. The SMILES string of the molecule is COc1cc(Cl)cc([C@H](O)CC(=O)O)c1O. The summed E-state index contributed by atoms with van der Waals surface area (Å²) in [4.78, 5) is 10.4. The van der Waals surface area contributed by atoms with Crippen LogP contribution in [0.5, 0.6) is 11.5 Å². The number of rotatable bonds is 4. The Hall–Kier alpha value is -1.46. The molecule has 88 valence electrons. The maximum atomic E-state index is 10.4. The molecule has 0 spiro atoms. The third-order valence-corrected chi connectivity index (χ3v) is 2.23. The third kappa shape index (κ3) is 2.77. The van der Waals surface area contributed by atoms with E-state index in [4.69, 9.17) is 21.4 Å². The van der Waals surface area contributed by atoms with Crippen molar-refractivity contribution in [2.45, 2.75) is 12.5 Å². The van der Waals surface area contributed by atoms with E-state index in [1.54, 1.807) is 0 Å². The molecule has 0 aliphatic heterocycles. The molecule has 0 amide bonds. The number of aliphatic carboxylic acids is 1. The van der Waals surface area contributed by atoms with Crippen LogP contribution in [0.1, 0.15) is 18.1 Å². The summed E-state index contributed by atoms with van der Waals surface area (Å²) < 4.78 is 4.83. The first-order valence-electron chi connectivity index (χ1n) is 4.42. The fraction of sp³-hybridized carbons (Fsp3) is 0.300. The van der Waals surface area contributed by atoms with E-state index in [0.29, 0.717) is 0 Å². The first-order chi connectivity index (χ1) is 7.45. The molecule has 1 aromatic carbocycles. The molecular weight excluding hydrogens is 236 g/mol. The number of aliphatic hydroxyl groups is 1. The predicted octanol–water partition coefficient (Wildman–Crippen LogP) is 1.56. The number of phenolic OH excluding ortho intramolecular Hbond substituents is 1. The van der Waals surface area contributed by atoms with Gasteiger partial charge in [0.15, 0.2) is 11.5 Å². The van der Waals surface area contributed by atoms with Gasteiger partial charge < -0.3 is 20.1 Å². The van der Waals surface area contributed by atoms with E-state index in [1.165, 1.54) is 19.2 Å². The van der Waals surface area contributed by atoms with Crippen LogP contribution in [-0.2, 0) is 4.79 Å². The largest absolute Gasteiger partial charge is 0.504 e. The number of phenols is 1. The number of hydrogen-bond donors (Lipinski definition) is 3. The summed E-state index contributed by atoms with van der Waals surface area (Å²) in [7, 11) is 1.33. The first kappa shape index (κ1) is 12.6. The Balaban J connectivity index is 3.12. The number of carboxylic acids is 1. The van der Waals surface area contributed by atoms with Crippen molar-refractivity contribution in [1.82, 2.24) is 0 Å². The second-order valence-corrected chi connectivity index (χ2v) is 3.60. The van der Waals surface area contributed by atoms with Crippen molar-refractivity contribution in [2.75, 3.05) is 7.11 Å². The van der Waals surface area contributed by atoms with Crippen molar-refractivity contribution in [2.24, 2.45) is 0 Å². The fourth-order valence-electron chi connectivity index (χ4n) is 1.28. The highest BCUT2D eigenvalue weighted by Gasteiger charge is 2.19. The van der Waals surface area contributed by atoms with E-state index in [-0.39, 0.29) is 22.1 Å². The van der Waals surface area contributed by atoms with Gasteiger partial charge in [-0.15, -0.1) is 0 Å². The van der Waals surface area contributed by atoms with E-state index < -0.39 is 18.5 Å². The van der Waals surface area contributed by atoms with Crippen molar-refractivity contribution in [3.63, 3.8) is 0 Å². The van der Waals surface area contributed by atoms with Crippen LogP contribution in [0.4, 0.5) is 0 Å². The molecule has 0 saturated heterocycles. The topological polar surface area (TPSA) is 87.0 Å². The molecule has 0 fully saturated rings.